The van der Waals surface area contributed by atoms with E-state index in [2.05, 4.69) is 48.1 Å². The fraction of sp³-hybridized carbons (Fsp3) is 0.733. The molecule has 1 aliphatic carbocycles. The van der Waals surface area contributed by atoms with E-state index < -0.39 is 0 Å². The Hall–Kier alpha value is 1.16. The van der Waals surface area contributed by atoms with Crippen LogP contribution in [0.25, 0.3) is 0 Å². The van der Waals surface area contributed by atoms with Crippen LogP contribution in [0.15, 0.2) is 14.3 Å². The molecule has 1 aromatic heterocycles. The summed E-state index contributed by atoms with van der Waals surface area (Å²) >= 11 is 9.26. The normalized spacial score (nSPS) is 21.7. The number of nitrogens with one attached hydrogen (secondary N) is 1. The molecule has 0 spiro atoms. The molecule has 1 saturated heterocycles. The SMILES string of the molecule is Brc1cc([C@H](C2CCCCC2)N2CCNCC2)sc1Br.Cl.Cl. The fourth-order valence-electron chi connectivity index (χ4n) is 3.63. The second kappa shape index (κ2) is 10.2. The van der Waals surface area contributed by atoms with E-state index in [9.17, 15) is 0 Å². The Morgan fingerprint density at radius 2 is 1.73 bits per heavy atom. The van der Waals surface area contributed by atoms with Crippen LogP contribution in [0.1, 0.15) is 43.0 Å². The highest BCUT2D eigenvalue weighted by Gasteiger charge is 2.32. The van der Waals surface area contributed by atoms with Gasteiger partial charge in [0, 0.05) is 41.6 Å². The van der Waals surface area contributed by atoms with Gasteiger partial charge in [0.1, 0.15) is 0 Å². The van der Waals surface area contributed by atoms with Crippen LogP contribution in [0, 0.1) is 5.92 Å². The number of nitrogens with zero attached hydrogens (tertiary/aromatic N) is 1. The Kier molecular flexibility index (Phi) is 9.85. The number of hydrogen-bond acceptors (Lipinski definition) is 3. The van der Waals surface area contributed by atoms with Crippen molar-refractivity contribution in [2.24, 2.45) is 5.92 Å². The summed E-state index contributed by atoms with van der Waals surface area (Å²) in [7, 11) is 0. The van der Waals surface area contributed by atoms with Crippen LogP contribution < -0.4 is 5.32 Å². The Balaban J connectivity index is 0.00000121. The summed E-state index contributed by atoms with van der Waals surface area (Å²) in [5.74, 6) is 0.847. The van der Waals surface area contributed by atoms with Gasteiger partial charge in [-0.25, -0.2) is 0 Å². The Morgan fingerprint density at radius 1 is 1.09 bits per heavy atom. The fourth-order valence-corrected chi connectivity index (χ4v) is 5.95. The monoisotopic (exact) mass is 492 g/mol. The highest BCUT2D eigenvalue weighted by molar-refractivity contribution is 9.13. The maximum Gasteiger partial charge on any atom is 0.0843 e. The summed E-state index contributed by atoms with van der Waals surface area (Å²) in [4.78, 5) is 4.26. The second-order valence-electron chi connectivity index (χ2n) is 5.90. The number of halogens is 4. The zero-order chi connectivity index (χ0) is 13.9. The Labute approximate surface area is 166 Å². The lowest BCUT2D eigenvalue weighted by Crippen LogP contribution is -2.47. The minimum absolute atomic E-state index is 0. The molecule has 2 fully saturated rings. The van der Waals surface area contributed by atoms with Crippen LogP contribution in [0.5, 0.6) is 0 Å². The van der Waals surface area contributed by atoms with E-state index in [0.29, 0.717) is 6.04 Å². The highest BCUT2D eigenvalue weighted by Crippen LogP contribution is 2.44. The quantitative estimate of drug-likeness (QED) is 0.584. The van der Waals surface area contributed by atoms with Gasteiger partial charge in [0.25, 0.3) is 0 Å². The molecule has 2 aliphatic rings. The molecule has 1 aromatic rings. The van der Waals surface area contributed by atoms with Crippen LogP contribution >= 0.6 is 68.0 Å². The largest absolute Gasteiger partial charge is 0.314 e. The van der Waals surface area contributed by atoms with Gasteiger partial charge in [-0.2, -0.15) is 0 Å². The lowest BCUT2D eigenvalue weighted by molar-refractivity contribution is 0.106. The summed E-state index contributed by atoms with van der Waals surface area (Å²) < 4.78 is 2.46. The third-order valence-electron chi connectivity index (χ3n) is 4.60. The molecule has 1 aliphatic heterocycles. The smallest absolute Gasteiger partial charge is 0.0843 e. The summed E-state index contributed by atoms with van der Waals surface area (Å²) in [6.45, 7) is 4.65. The molecule has 1 N–H and O–H groups in total. The van der Waals surface area contributed by atoms with E-state index in [1.807, 2.05) is 11.3 Å². The van der Waals surface area contributed by atoms with Gasteiger partial charge >= 0.3 is 0 Å². The molecule has 3 rings (SSSR count). The standard InChI is InChI=1S/C15H22Br2N2S.2ClH/c16-12-10-13(20-15(12)17)14(11-4-2-1-3-5-11)19-8-6-18-7-9-19;;/h10-11,14,18H,1-9H2;2*1H/t14-;;/m0../s1. The van der Waals surface area contributed by atoms with Gasteiger partial charge in [-0.15, -0.1) is 36.2 Å². The summed E-state index contributed by atoms with van der Waals surface area (Å²) in [6.07, 6.45) is 7.08. The summed E-state index contributed by atoms with van der Waals surface area (Å²) in [5.41, 5.74) is 0. The molecule has 7 heteroatoms. The van der Waals surface area contributed by atoms with Gasteiger partial charge in [0.05, 0.1) is 3.79 Å². The molecule has 2 nitrogen and oxygen atoms in total. The van der Waals surface area contributed by atoms with Gasteiger partial charge in [0.15, 0.2) is 0 Å². The van der Waals surface area contributed by atoms with Gasteiger partial charge in [0.2, 0.25) is 0 Å². The van der Waals surface area contributed by atoms with Crippen LogP contribution in [-0.4, -0.2) is 31.1 Å². The van der Waals surface area contributed by atoms with E-state index >= 15 is 0 Å². The maximum absolute atomic E-state index is 3.67. The summed E-state index contributed by atoms with van der Waals surface area (Å²) in [5, 5.41) is 3.48. The predicted octanol–water partition coefficient (Wildman–Crippen LogP) is 5.64. The topological polar surface area (TPSA) is 15.3 Å². The highest BCUT2D eigenvalue weighted by atomic mass is 79.9. The molecule has 1 atom stereocenters. The van der Waals surface area contributed by atoms with Crippen LogP contribution in [0.4, 0.5) is 0 Å². The molecule has 1 saturated carbocycles. The van der Waals surface area contributed by atoms with Gasteiger partial charge in [-0.3, -0.25) is 4.90 Å². The van der Waals surface area contributed by atoms with Crippen molar-refractivity contribution >= 4 is 68.0 Å². The van der Waals surface area contributed by atoms with E-state index in [1.165, 1.54) is 58.3 Å². The average Bonchev–Trinajstić information content (AvgIpc) is 2.81. The van der Waals surface area contributed by atoms with Crippen molar-refractivity contribution in [1.82, 2.24) is 10.2 Å². The first-order valence-electron chi connectivity index (χ1n) is 7.65. The van der Waals surface area contributed by atoms with Gasteiger partial charge in [-0.1, -0.05) is 19.3 Å². The first-order valence-corrected chi connectivity index (χ1v) is 10.1. The van der Waals surface area contributed by atoms with Crippen molar-refractivity contribution in [2.45, 2.75) is 38.1 Å². The second-order valence-corrected chi connectivity index (χ2v) is 9.16. The van der Waals surface area contributed by atoms with Crippen LogP contribution in [-0.2, 0) is 0 Å². The Bertz CT molecular complexity index is 409. The molecule has 128 valence electrons. The number of piperazine rings is 1. The van der Waals surface area contributed by atoms with E-state index in [1.54, 1.807) is 0 Å². The van der Waals surface area contributed by atoms with Crippen LogP contribution in [0.3, 0.4) is 0 Å². The minimum atomic E-state index is 0. The van der Waals surface area contributed by atoms with Crippen molar-refractivity contribution in [1.29, 1.82) is 0 Å². The number of rotatable bonds is 3. The van der Waals surface area contributed by atoms with Gasteiger partial charge < -0.3 is 5.32 Å². The first-order chi connectivity index (χ1) is 9.75. The maximum atomic E-state index is 3.67. The number of thiophene rings is 1. The van der Waals surface area contributed by atoms with E-state index in [4.69, 9.17) is 0 Å². The predicted molar refractivity (Wildman–Crippen MR) is 108 cm³/mol. The van der Waals surface area contributed by atoms with Crippen molar-refractivity contribution < 1.29 is 0 Å². The molecular formula is C15H24Br2Cl2N2S. The molecule has 22 heavy (non-hydrogen) atoms. The molecule has 0 amide bonds. The minimum Gasteiger partial charge on any atom is -0.314 e. The lowest BCUT2D eigenvalue weighted by atomic mass is 9.82. The summed E-state index contributed by atoms with van der Waals surface area (Å²) in [6, 6.07) is 2.97. The lowest BCUT2D eigenvalue weighted by Gasteiger charge is -2.40. The Morgan fingerprint density at radius 3 is 2.27 bits per heavy atom. The molecule has 0 radical (unpaired) electrons. The van der Waals surface area contributed by atoms with Crippen molar-refractivity contribution in [2.75, 3.05) is 26.2 Å². The third-order valence-corrected chi connectivity index (χ3v) is 7.92. The van der Waals surface area contributed by atoms with Crippen molar-refractivity contribution in [3.05, 3.63) is 19.2 Å². The van der Waals surface area contributed by atoms with Gasteiger partial charge in [-0.05, 0) is 56.7 Å². The zero-order valence-electron chi connectivity index (χ0n) is 12.5. The zero-order valence-corrected chi connectivity index (χ0v) is 18.1. The molecule has 0 bridgehead atoms. The van der Waals surface area contributed by atoms with E-state index in [0.717, 1.165) is 19.0 Å². The van der Waals surface area contributed by atoms with Crippen LogP contribution in [0.2, 0.25) is 0 Å². The average molecular weight is 495 g/mol. The molecular weight excluding hydrogens is 471 g/mol. The molecule has 0 unspecified atom stereocenters. The molecule has 2 heterocycles. The first kappa shape index (κ1) is 21.2. The third kappa shape index (κ3) is 5.08. The van der Waals surface area contributed by atoms with Crippen molar-refractivity contribution in [3.8, 4) is 0 Å². The number of hydrogen-bond donors (Lipinski definition) is 1. The van der Waals surface area contributed by atoms with Crippen molar-refractivity contribution in [3.63, 3.8) is 0 Å². The van der Waals surface area contributed by atoms with E-state index in [-0.39, 0.29) is 24.8 Å². The molecule has 0 aromatic carbocycles.